The number of nitrogens with one attached hydrogen (secondary N) is 2. The molecule has 0 radical (unpaired) electrons. The first-order chi connectivity index (χ1) is 9.67. The zero-order valence-corrected chi connectivity index (χ0v) is 13.0. The molecule has 0 aliphatic heterocycles. The van der Waals surface area contributed by atoms with E-state index >= 15 is 0 Å². The normalized spacial score (nSPS) is 12.3. The van der Waals surface area contributed by atoms with E-state index in [0.29, 0.717) is 0 Å². The van der Waals surface area contributed by atoms with Crippen LogP contribution in [0.2, 0.25) is 0 Å². The summed E-state index contributed by atoms with van der Waals surface area (Å²) in [4.78, 5) is 13.8. The van der Waals surface area contributed by atoms with Gasteiger partial charge in [0.05, 0.1) is 4.90 Å². The maximum absolute atomic E-state index is 12.2. The lowest BCUT2D eigenvalue weighted by atomic mass is 10.1. The Labute approximate surface area is 124 Å². The first kappa shape index (κ1) is 15.5. The van der Waals surface area contributed by atoms with E-state index in [1.165, 1.54) is 6.07 Å². The van der Waals surface area contributed by atoms with Crippen molar-refractivity contribution < 1.29 is 8.42 Å². The molecule has 0 saturated carbocycles. The molecule has 1 heterocycles. The molecule has 1 aromatic heterocycles. The lowest BCUT2D eigenvalue weighted by Gasteiger charge is -2.20. The van der Waals surface area contributed by atoms with E-state index in [9.17, 15) is 13.2 Å². The molecule has 0 fully saturated rings. The first-order valence-electron chi connectivity index (χ1n) is 6.51. The van der Waals surface area contributed by atoms with Gasteiger partial charge in [-0.1, -0.05) is 12.1 Å². The molecular weight excluding hydrogens is 288 g/mol. The first-order valence-corrected chi connectivity index (χ1v) is 7.99. The standard InChI is InChI=1S/C15H18N2O3S/c1-15(2,3)17-21(19,20)13-7-4-11(5-8-13)12-6-9-14(18)16-10-12/h4-10,17H,1-3H3,(H,16,18). The van der Waals surface area contributed by atoms with Gasteiger partial charge in [-0.15, -0.1) is 0 Å². The van der Waals surface area contributed by atoms with Crippen LogP contribution in [0.1, 0.15) is 20.8 Å². The Morgan fingerprint density at radius 1 is 0.952 bits per heavy atom. The Balaban J connectivity index is 2.31. The molecule has 1 aromatic carbocycles. The van der Waals surface area contributed by atoms with E-state index in [-0.39, 0.29) is 10.5 Å². The summed E-state index contributed by atoms with van der Waals surface area (Å²) in [5.74, 6) is 0. The van der Waals surface area contributed by atoms with Crippen molar-refractivity contribution in [3.63, 3.8) is 0 Å². The maximum Gasteiger partial charge on any atom is 0.247 e. The molecule has 0 saturated heterocycles. The van der Waals surface area contributed by atoms with Gasteiger partial charge in [0.1, 0.15) is 0 Å². The maximum atomic E-state index is 12.2. The van der Waals surface area contributed by atoms with Crippen LogP contribution in [0, 0.1) is 0 Å². The molecule has 21 heavy (non-hydrogen) atoms. The third-order valence-corrected chi connectivity index (χ3v) is 4.50. The SMILES string of the molecule is CC(C)(C)NS(=O)(=O)c1ccc(-c2ccc(=O)[nH]c2)cc1. The molecule has 0 atom stereocenters. The fourth-order valence-electron chi connectivity index (χ4n) is 1.88. The second kappa shape index (κ2) is 5.46. The number of hydrogen-bond acceptors (Lipinski definition) is 3. The number of sulfonamides is 1. The Hall–Kier alpha value is -1.92. The predicted molar refractivity (Wildman–Crippen MR) is 82.6 cm³/mol. The molecule has 0 amide bonds. The van der Waals surface area contributed by atoms with Crippen LogP contribution < -0.4 is 10.3 Å². The third-order valence-electron chi connectivity index (χ3n) is 2.72. The molecule has 0 spiro atoms. The quantitative estimate of drug-likeness (QED) is 0.911. The highest BCUT2D eigenvalue weighted by Gasteiger charge is 2.21. The molecule has 112 valence electrons. The van der Waals surface area contributed by atoms with Gasteiger partial charge < -0.3 is 4.98 Å². The fourth-order valence-corrected chi connectivity index (χ4v) is 3.30. The number of pyridine rings is 1. The van der Waals surface area contributed by atoms with Gasteiger partial charge in [0, 0.05) is 17.8 Å². The molecule has 0 bridgehead atoms. The lowest BCUT2D eigenvalue weighted by Crippen LogP contribution is -2.40. The van der Waals surface area contributed by atoms with Crippen molar-refractivity contribution in [2.75, 3.05) is 0 Å². The number of benzene rings is 1. The summed E-state index contributed by atoms with van der Waals surface area (Å²) in [6, 6.07) is 9.65. The van der Waals surface area contributed by atoms with E-state index in [0.717, 1.165) is 11.1 Å². The Bertz CT molecular complexity index is 764. The van der Waals surface area contributed by atoms with Crippen molar-refractivity contribution in [1.82, 2.24) is 9.71 Å². The Kier molecular flexibility index (Phi) is 4.02. The van der Waals surface area contributed by atoms with E-state index in [2.05, 4.69) is 9.71 Å². The lowest BCUT2D eigenvalue weighted by molar-refractivity contribution is 0.491. The Morgan fingerprint density at radius 3 is 2.00 bits per heavy atom. The third kappa shape index (κ3) is 4.03. The minimum atomic E-state index is -3.53. The van der Waals surface area contributed by atoms with Gasteiger partial charge in [-0.3, -0.25) is 4.79 Å². The van der Waals surface area contributed by atoms with Crippen molar-refractivity contribution >= 4 is 10.0 Å². The summed E-state index contributed by atoms with van der Waals surface area (Å²) < 4.78 is 27.0. The molecule has 2 N–H and O–H groups in total. The van der Waals surface area contributed by atoms with Crippen LogP contribution in [0.3, 0.4) is 0 Å². The molecule has 2 aromatic rings. The number of H-pyrrole nitrogens is 1. The van der Waals surface area contributed by atoms with Crippen LogP contribution >= 0.6 is 0 Å². The average Bonchev–Trinajstić information content (AvgIpc) is 2.37. The smallest absolute Gasteiger partial charge is 0.247 e. The summed E-state index contributed by atoms with van der Waals surface area (Å²) in [6.45, 7) is 5.37. The van der Waals surface area contributed by atoms with Crippen molar-refractivity contribution in [3.05, 3.63) is 52.9 Å². The van der Waals surface area contributed by atoms with E-state index in [4.69, 9.17) is 0 Å². The van der Waals surface area contributed by atoms with Crippen LogP contribution in [-0.2, 0) is 10.0 Å². The van der Waals surface area contributed by atoms with Crippen LogP contribution in [0.4, 0.5) is 0 Å². The van der Waals surface area contributed by atoms with Crippen molar-refractivity contribution in [2.24, 2.45) is 0 Å². The van der Waals surface area contributed by atoms with Crippen LogP contribution in [0.15, 0.2) is 52.3 Å². The van der Waals surface area contributed by atoms with Crippen molar-refractivity contribution in [3.8, 4) is 11.1 Å². The van der Waals surface area contributed by atoms with Gasteiger partial charge in [-0.25, -0.2) is 13.1 Å². The molecule has 5 nitrogen and oxygen atoms in total. The summed E-state index contributed by atoms with van der Waals surface area (Å²) in [5, 5.41) is 0. The van der Waals surface area contributed by atoms with E-state index in [1.54, 1.807) is 57.3 Å². The summed E-state index contributed by atoms with van der Waals surface area (Å²) >= 11 is 0. The molecule has 0 unspecified atom stereocenters. The van der Waals surface area contributed by atoms with E-state index < -0.39 is 15.6 Å². The second-order valence-electron chi connectivity index (χ2n) is 5.82. The monoisotopic (exact) mass is 306 g/mol. The van der Waals surface area contributed by atoms with Gasteiger partial charge in [-0.2, -0.15) is 0 Å². The van der Waals surface area contributed by atoms with Gasteiger partial charge in [0.15, 0.2) is 0 Å². The molecule has 0 aliphatic carbocycles. The summed E-state index contributed by atoms with van der Waals surface area (Å²) in [7, 11) is -3.53. The number of aromatic nitrogens is 1. The highest BCUT2D eigenvalue weighted by Crippen LogP contribution is 2.20. The van der Waals surface area contributed by atoms with Gasteiger partial charge in [0.2, 0.25) is 15.6 Å². The molecule has 0 aliphatic rings. The number of rotatable bonds is 3. The highest BCUT2D eigenvalue weighted by molar-refractivity contribution is 7.89. The number of hydrogen-bond donors (Lipinski definition) is 2. The topological polar surface area (TPSA) is 79.0 Å². The fraction of sp³-hybridized carbons (Fsp3) is 0.267. The van der Waals surface area contributed by atoms with Crippen molar-refractivity contribution in [1.29, 1.82) is 0 Å². The van der Waals surface area contributed by atoms with Crippen LogP contribution in [0.25, 0.3) is 11.1 Å². The molecule has 6 heteroatoms. The summed E-state index contributed by atoms with van der Waals surface area (Å²) in [5.41, 5.74) is 0.951. The van der Waals surface area contributed by atoms with Gasteiger partial charge in [0.25, 0.3) is 0 Å². The predicted octanol–water partition coefficient (Wildman–Crippen LogP) is 2.12. The zero-order valence-electron chi connectivity index (χ0n) is 12.2. The van der Waals surface area contributed by atoms with Crippen LogP contribution in [-0.4, -0.2) is 18.9 Å². The second-order valence-corrected chi connectivity index (χ2v) is 7.50. The van der Waals surface area contributed by atoms with Gasteiger partial charge in [-0.05, 0) is 50.1 Å². The van der Waals surface area contributed by atoms with Crippen LogP contribution in [0.5, 0.6) is 0 Å². The minimum Gasteiger partial charge on any atom is -0.328 e. The average molecular weight is 306 g/mol. The summed E-state index contributed by atoms with van der Waals surface area (Å²) in [6.07, 6.45) is 1.60. The van der Waals surface area contributed by atoms with Crippen molar-refractivity contribution in [2.45, 2.75) is 31.2 Å². The largest absolute Gasteiger partial charge is 0.328 e. The Morgan fingerprint density at radius 2 is 1.52 bits per heavy atom. The van der Waals surface area contributed by atoms with Gasteiger partial charge >= 0.3 is 0 Å². The molecule has 2 rings (SSSR count). The van der Waals surface area contributed by atoms with E-state index in [1.807, 2.05) is 0 Å². The molecular formula is C15H18N2O3S. The highest BCUT2D eigenvalue weighted by atomic mass is 32.2. The number of aromatic amines is 1. The zero-order chi connectivity index (χ0) is 15.7. The minimum absolute atomic E-state index is 0.174.